The molecule has 1 fully saturated rings. The predicted octanol–water partition coefficient (Wildman–Crippen LogP) is 8.84. The lowest BCUT2D eigenvalue weighted by molar-refractivity contribution is -0.303. The van der Waals surface area contributed by atoms with Gasteiger partial charge in [-0.3, -0.25) is 4.79 Å². The van der Waals surface area contributed by atoms with E-state index in [-0.39, 0.29) is 12.8 Å². The lowest BCUT2D eigenvalue weighted by Crippen LogP contribution is -2.60. The Morgan fingerprint density at radius 1 is 0.567 bits per heavy atom. The van der Waals surface area contributed by atoms with Gasteiger partial charge in [-0.2, -0.15) is 0 Å². The molecule has 0 aliphatic carbocycles. The van der Waals surface area contributed by atoms with Crippen molar-refractivity contribution in [2.24, 2.45) is 0 Å². The topological polar surface area (TPSA) is 189 Å². The van der Waals surface area contributed by atoms with E-state index in [9.17, 15) is 40.5 Å². The first-order chi connectivity index (χ1) is 29.2. The molecular formula is C49H95NO10. The minimum Gasteiger partial charge on any atom is -0.394 e. The highest BCUT2D eigenvalue weighted by Gasteiger charge is 2.44. The number of allylic oxidation sites excluding steroid dienone is 2. The van der Waals surface area contributed by atoms with E-state index < -0.39 is 74.2 Å². The van der Waals surface area contributed by atoms with Crippen molar-refractivity contribution in [1.29, 1.82) is 0 Å². The summed E-state index contributed by atoms with van der Waals surface area (Å²) in [6, 6.07) is -1.18. The molecule has 0 aromatic heterocycles. The normalized spacial score (nSPS) is 21.6. The Kier molecular flexibility index (Phi) is 37.4. The quantitative estimate of drug-likeness (QED) is 0.0218. The first kappa shape index (κ1) is 56.9. The summed E-state index contributed by atoms with van der Waals surface area (Å²) in [5, 5.41) is 75.7. The Balaban J connectivity index is 2.37. The van der Waals surface area contributed by atoms with E-state index in [4.69, 9.17) is 9.47 Å². The van der Waals surface area contributed by atoms with Crippen LogP contribution in [0.1, 0.15) is 226 Å². The van der Waals surface area contributed by atoms with Crippen molar-refractivity contribution in [3.8, 4) is 0 Å². The Hall–Kier alpha value is -1.15. The Morgan fingerprint density at radius 3 is 1.43 bits per heavy atom. The number of aliphatic hydroxyl groups excluding tert-OH is 7. The second kappa shape index (κ2) is 39.4. The van der Waals surface area contributed by atoms with Crippen LogP contribution in [0.5, 0.6) is 0 Å². The molecule has 1 saturated heterocycles. The number of hydrogen-bond acceptors (Lipinski definition) is 10. The third kappa shape index (κ3) is 28.5. The molecule has 11 heteroatoms. The van der Waals surface area contributed by atoms with Crippen LogP contribution in [0.4, 0.5) is 0 Å². The molecule has 8 N–H and O–H groups in total. The van der Waals surface area contributed by atoms with E-state index in [1.807, 2.05) is 0 Å². The van der Waals surface area contributed by atoms with Crippen molar-refractivity contribution in [3.05, 3.63) is 12.2 Å². The number of ether oxygens (including phenoxy) is 2. The Bertz CT molecular complexity index is 986. The zero-order chi connectivity index (χ0) is 44.1. The van der Waals surface area contributed by atoms with Crippen LogP contribution in [0.3, 0.4) is 0 Å². The highest BCUT2D eigenvalue weighted by molar-refractivity contribution is 5.80. The van der Waals surface area contributed by atoms with Gasteiger partial charge in [-0.05, 0) is 38.5 Å². The Morgan fingerprint density at radius 2 is 0.983 bits per heavy atom. The van der Waals surface area contributed by atoms with Crippen molar-refractivity contribution < 1.29 is 50.0 Å². The molecule has 60 heavy (non-hydrogen) atoms. The fourth-order valence-corrected chi connectivity index (χ4v) is 8.15. The summed E-state index contributed by atoms with van der Waals surface area (Å²) in [5.74, 6) is -0.704. The van der Waals surface area contributed by atoms with E-state index in [1.165, 1.54) is 148 Å². The molecule has 1 rings (SSSR count). The van der Waals surface area contributed by atoms with Gasteiger partial charge in [0.25, 0.3) is 0 Å². The summed E-state index contributed by atoms with van der Waals surface area (Å²) < 4.78 is 11.1. The van der Waals surface area contributed by atoms with E-state index in [2.05, 4.69) is 31.3 Å². The summed E-state index contributed by atoms with van der Waals surface area (Å²) in [5.41, 5.74) is 0. The summed E-state index contributed by atoms with van der Waals surface area (Å²) >= 11 is 0. The van der Waals surface area contributed by atoms with E-state index in [0.717, 1.165) is 38.5 Å². The molecule has 0 radical (unpaired) electrons. The summed E-state index contributed by atoms with van der Waals surface area (Å²) in [4.78, 5) is 13.1. The fourth-order valence-electron chi connectivity index (χ4n) is 8.15. The van der Waals surface area contributed by atoms with Crippen molar-refractivity contribution >= 4 is 5.91 Å². The average molecular weight is 858 g/mol. The molecule has 1 aliphatic heterocycles. The fraction of sp³-hybridized carbons (Fsp3) is 0.939. The zero-order valence-electron chi connectivity index (χ0n) is 38.5. The van der Waals surface area contributed by atoms with Crippen LogP contribution in [-0.2, 0) is 14.3 Å². The monoisotopic (exact) mass is 858 g/mol. The third-order valence-corrected chi connectivity index (χ3v) is 12.3. The van der Waals surface area contributed by atoms with Crippen LogP contribution in [0, 0.1) is 0 Å². The molecule has 0 bridgehead atoms. The maximum absolute atomic E-state index is 13.1. The second-order valence-corrected chi connectivity index (χ2v) is 17.9. The third-order valence-electron chi connectivity index (χ3n) is 12.3. The molecular weight excluding hydrogens is 763 g/mol. The van der Waals surface area contributed by atoms with E-state index in [0.29, 0.717) is 12.8 Å². The lowest BCUT2D eigenvalue weighted by atomic mass is 9.98. The summed E-state index contributed by atoms with van der Waals surface area (Å²) in [6.07, 6.45) is 31.3. The smallest absolute Gasteiger partial charge is 0.249 e. The largest absolute Gasteiger partial charge is 0.394 e. The van der Waals surface area contributed by atoms with Crippen LogP contribution < -0.4 is 5.32 Å². The number of nitrogens with one attached hydrogen (secondary N) is 1. The maximum Gasteiger partial charge on any atom is 0.249 e. The van der Waals surface area contributed by atoms with Gasteiger partial charge in [-0.25, -0.2) is 0 Å². The van der Waals surface area contributed by atoms with Gasteiger partial charge < -0.3 is 50.5 Å². The van der Waals surface area contributed by atoms with Gasteiger partial charge in [0.15, 0.2) is 6.29 Å². The van der Waals surface area contributed by atoms with Gasteiger partial charge in [0, 0.05) is 0 Å². The molecule has 0 spiro atoms. The van der Waals surface area contributed by atoms with Gasteiger partial charge in [0.1, 0.15) is 36.6 Å². The number of hydrogen-bond donors (Lipinski definition) is 8. The van der Waals surface area contributed by atoms with E-state index >= 15 is 0 Å². The van der Waals surface area contributed by atoms with Crippen LogP contribution in [0.25, 0.3) is 0 Å². The molecule has 356 valence electrons. The van der Waals surface area contributed by atoms with Crippen LogP contribution in [0.15, 0.2) is 12.2 Å². The van der Waals surface area contributed by atoms with Gasteiger partial charge in [-0.1, -0.05) is 199 Å². The number of carbonyl (C=O) groups excluding carboxylic acids is 1. The van der Waals surface area contributed by atoms with Crippen molar-refractivity contribution in [2.75, 3.05) is 13.2 Å². The highest BCUT2D eigenvalue weighted by Crippen LogP contribution is 2.23. The lowest BCUT2D eigenvalue weighted by Gasteiger charge is -2.40. The molecule has 9 atom stereocenters. The second-order valence-electron chi connectivity index (χ2n) is 17.9. The number of rotatable bonds is 42. The van der Waals surface area contributed by atoms with Crippen molar-refractivity contribution in [3.63, 3.8) is 0 Å². The van der Waals surface area contributed by atoms with Gasteiger partial charge in [0.2, 0.25) is 5.91 Å². The Labute approximate surface area is 366 Å². The molecule has 1 unspecified atom stereocenters. The zero-order valence-corrected chi connectivity index (χ0v) is 38.5. The highest BCUT2D eigenvalue weighted by atomic mass is 16.7. The SMILES string of the molecule is CCCCCCCCC/C=C\CCC[C@@H](O)[C@@H](O)[C@H](CO[C@@H]1O[C@H](CO)[C@@H](O)[C@H](O)[C@H]1O)NC(=O)C(O)CCCCCCCCCCCCCCCCCCCCCCC. The van der Waals surface area contributed by atoms with Gasteiger partial charge in [-0.15, -0.1) is 0 Å². The number of carbonyl (C=O) groups is 1. The molecule has 0 saturated carbocycles. The molecule has 11 nitrogen and oxygen atoms in total. The van der Waals surface area contributed by atoms with Crippen LogP contribution in [0.2, 0.25) is 0 Å². The number of aliphatic hydroxyl groups is 7. The van der Waals surface area contributed by atoms with Crippen LogP contribution >= 0.6 is 0 Å². The van der Waals surface area contributed by atoms with Crippen LogP contribution in [-0.4, -0.2) is 110 Å². The van der Waals surface area contributed by atoms with Gasteiger partial charge in [0.05, 0.1) is 25.4 Å². The molecule has 1 amide bonds. The molecule has 1 aliphatic rings. The predicted molar refractivity (Wildman–Crippen MR) is 243 cm³/mol. The average Bonchev–Trinajstić information content (AvgIpc) is 3.25. The first-order valence-electron chi connectivity index (χ1n) is 25.1. The molecule has 0 aromatic carbocycles. The maximum atomic E-state index is 13.1. The van der Waals surface area contributed by atoms with Crippen molar-refractivity contribution in [1.82, 2.24) is 5.32 Å². The summed E-state index contributed by atoms with van der Waals surface area (Å²) in [6.45, 7) is 3.43. The standard InChI is InChI=1S/C49H95NO10/c1-3-5-7-9-11-13-15-17-18-19-20-21-22-23-24-25-27-29-31-33-35-37-42(53)48(58)50-40(39-59-49-47(57)46(56)45(55)43(38-51)60-49)44(54)41(52)36-34-32-30-28-26-16-14-12-10-8-6-4-2/h28,30,40-47,49,51-57H,3-27,29,31-39H2,1-2H3,(H,50,58)/b30-28-/t40-,41+,42?,43+,44-,45+,46-,47+,49+/m0/s1. The summed E-state index contributed by atoms with van der Waals surface area (Å²) in [7, 11) is 0. The molecule has 0 aromatic rings. The first-order valence-corrected chi connectivity index (χ1v) is 25.1. The minimum atomic E-state index is -1.66. The van der Waals surface area contributed by atoms with Gasteiger partial charge >= 0.3 is 0 Å². The number of amides is 1. The van der Waals surface area contributed by atoms with E-state index in [1.54, 1.807) is 0 Å². The minimum absolute atomic E-state index is 0.259. The number of unbranched alkanes of at least 4 members (excludes halogenated alkanes) is 28. The van der Waals surface area contributed by atoms with Crippen molar-refractivity contribution in [2.45, 2.75) is 281 Å². The molecule has 1 heterocycles.